The Morgan fingerprint density at radius 2 is 2.12 bits per heavy atom. The van der Waals surface area contributed by atoms with E-state index in [1.165, 1.54) is 12.1 Å². The summed E-state index contributed by atoms with van der Waals surface area (Å²) in [4.78, 5) is 0. The number of hydrogen-bond acceptors (Lipinski definition) is 2. The Bertz CT molecular complexity index is 326. The maximum Gasteiger partial charge on any atom is 0.125 e. The lowest BCUT2D eigenvalue weighted by Gasteiger charge is -2.19. The van der Waals surface area contributed by atoms with E-state index in [1.807, 2.05) is 6.92 Å². The molecule has 0 unspecified atom stereocenters. The van der Waals surface area contributed by atoms with Crippen LogP contribution >= 0.6 is 11.6 Å². The summed E-state index contributed by atoms with van der Waals surface area (Å²) >= 11 is 5.73. The fourth-order valence-corrected chi connectivity index (χ4v) is 1.81. The molecule has 1 aromatic rings. The Morgan fingerprint density at radius 1 is 1.44 bits per heavy atom. The maximum absolute atomic E-state index is 13.1. The van der Waals surface area contributed by atoms with Gasteiger partial charge in [0.05, 0.1) is 12.1 Å². The van der Waals surface area contributed by atoms with Crippen LogP contribution in [0.15, 0.2) is 18.2 Å². The van der Waals surface area contributed by atoms with Gasteiger partial charge in [-0.15, -0.1) is 0 Å². The highest BCUT2D eigenvalue weighted by molar-refractivity contribution is 6.30. The molecule has 0 radical (unpaired) electrons. The largest absolute Gasteiger partial charge is 0.391 e. The van der Waals surface area contributed by atoms with Crippen LogP contribution in [0.5, 0.6) is 0 Å². The van der Waals surface area contributed by atoms with E-state index in [2.05, 4.69) is 0 Å². The molecule has 1 rings (SSSR count). The van der Waals surface area contributed by atoms with Crippen LogP contribution in [0, 0.1) is 5.82 Å². The summed E-state index contributed by atoms with van der Waals surface area (Å²) in [5.74, 6) is -0.430. The summed E-state index contributed by atoms with van der Waals surface area (Å²) in [6, 6.07) is 3.53. The number of rotatable bonds is 5. The molecule has 2 nitrogen and oxygen atoms in total. The van der Waals surface area contributed by atoms with Crippen molar-refractivity contribution in [3.8, 4) is 0 Å². The van der Waals surface area contributed by atoms with Crippen molar-refractivity contribution < 1.29 is 9.50 Å². The van der Waals surface area contributed by atoms with Gasteiger partial charge in [0.15, 0.2) is 0 Å². The van der Waals surface area contributed by atoms with Crippen LogP contribution in [0.2, 0.25) is 5.02 Å². The number of halogens is 2. The normalized spacial score (nSPS) is 14.8. The lowest BCUT2D eigenvalue weighted by Crippen LogP contribution is -2.26. The number of aliphatic hydroxyl groups is 1. The second-order valence-electron chi connectivity index (χ2n) is 3.94. The molecule has 0 heterocycles. The molecule has 16 heavy (non-hydrogen) atoms. The molecule has 4 heteroatoms. The van der Waals surface area contributed by atoms with E-state index in [-0.39, 0.29) is 0 Å². The van der Waals surface area contributed by atoms with E-state index in [0.29, 0.717) is 17.0 Å². The molecule has 0 aliphatic carbocycles. The molecule has 0 bridgehead atoms. The van der Waals surface area contributed by atoms with Gasteiger partial charge in [-0.3, -0.25) is 0 Å². The molecule has 0 aliphatic heterocycles. The maximum atomic E-state index is 13.1. The molecule has 90 valence electrons. The third-order valence-corrected chi connectivity index (χ3v) is 2.76. The van der Waals surface area contributed by atoms with Crippen LogP contribution < -0.4 is 5.73 Å². The van der Waals surface area contributed by atoms with Crippen LogP contribution in [0.3, 0.4) is 0 Å². The molecule has 0 aliphatic rings. The molecule has 0 amide bonds. The molecule has 3 N–H and O–H groups in total. The molecular weight excluding hydrogens is 229 g/mol. The first-order valence-electron chi connectivity index (χ1n) is 5.44. The number of nitrogens with two attached hydrogens (primary N) is 1. The molecule has 0 aromatic heterocycles. The lowest BCUT2D eigenvalue weighted by molar-refractivity contribution is 0.132. The Hall–Kier alpha value is -0.640. The minimum atomic E-state index is -0.655. The fraction of sp³-hybridized carbons (Fsp3) is 0.500. The van der Waals surface area contributed by atoms with Gasteiger partial charge in [-0.25, -0.2) is 4.39 Å². The standard InChI is InChI=1S/C12H17ClFNO/c1-2-3-4-11(16)12(15)8-5-9(13)7-10(14)6-8/h5-7,11-12,16H,2-4,15H2,1H3/t11-,12+/m1/s1. The molecule has 0 spiro atoms. The van der Waals surface area contributed by atoms with Crippen molar-refractivity contribution in [2.24, 2.45) is 5.73 Å². The van der Waals surface area contributed by atoms with Crippen molar-refractivity contribution in [1.82, 2.24) is 0 Å². The van der Waals surface area contributed by atoms with Crippen molar-refractivity contribution in [3.63, 3.8) is 0 Å². The minimum absolute atomic E-state index is 0.299. The molecule has 0 saturated carbocycles. The highest BCUT2D eigenvalue weighted by Gasteiger charge is 2.17. The van der Waals surface area contributed by atoms with Crippen molar-refractivity contribution in [1.29, 1.82) is 0 Å². The average Bonchev–Trinajstić information content (AvgIpc) is 2.23. The summed E-state index contributed by atoms with van der Waals surface area (Å²) in [7, 11) is 0. The number of benzene rings is 1. The van der Waals surface area contributed by atoms with E-state index >= 15 is 0 Å². The van der Waals surface area contributed by atoms with Gasteiger partial charge in [-0.2, -0.15) is 0 Å². The van der Waals surface area contributed by atoms with Crippen LogP contribution in [0.4, 0.5) is 4.39 Å². The first-order chi connectivity index (χ1) is 7.54. The number of unbranched alkanes of at least 4 members (excludes halogenated alkanes) is 1. The highest BCUT2D eigenvalue weighted by Crippen LogP contribution is 2.22. The Balaban J connectivity index is 2.74. The Morgan fingerprint density at radius 3 is 2.69 bits per heavy atom. The van der Waals surface area contributed by atoms with E-state index in [1.54, 1.807) is 6.07 Å². The van der Waals surface area contributed by atoms with Crippen LogP contribution in [0.25, 0.3) is 0 Å². The fourth-order valence-electron chi connectivity index (χ4n) is 1.58. The molecule has 0 saturated heterocycles. The van der Waals surface area contributed by atoms with Gasteiger partial charge >= 0.3 is 0 Å². The van der Waals surface area contributed by atoms with Crippen LogP contribution in [-0.4, -0.2) is 11.2 Å². The number of aliphatic hydroxyl groups excluding tert-OH is 1. The van der Waals surface area contributed by atoms with E-state index in [4.69, 9.17) is 17.3 Å². The second-order valence-corrected chi connectivity index (χ2v) is 4.37. The van der Waals surface area contributed by atoms with Gasteiger partial charge in [0, 0.05) is 5.02 Å². The third-order valence-electron chi connectivity index (χ3n) is 2.54. The SMILES string of the molecule is CCCC[C@@H](O)[C@@H](N)c1cc(F)cc(Cl)c1. The summed E-state index contributed by atoms with van der Waals surface area (Å²) in [5.41, 5.74) is 6.38. The van der Waals surface area contributed by atoms with Gasteiger partial charge in [0.2, 0.25) is 0 Å². The predicted molar refractivity (Wildman–Crippen MR) is 63.9 cm³/mol. The quantitative estimate of drug-likeness (QED) is 0.838. The van der Waals surface area contributed by atoms with E-state index < -0.39 is 18.0 Å². The molecule has 0 fully saturated rings. The van der Waals surface area contributed by atoms with Gasteiger partial charge in [-0.1, -0.05) is 31.4 Å². The smallest absolute Gasteiger partial charge is 0.125 e. The summed E-state index contributed by atoms with van der Waals surface area (Å²) in [5, 5.41) is 10.1. The average molecular weight is 246 g/mol. The van der Waals surface area contributed by atoms with Crippen LogP contribution in [0.1, 0.15) is 37.8 Å². The minimum Gasteiger partial charge on any atom is -0.391 e. The van der Waals surface area contributed by atoms with Gasteiger partial charge < -0.3 is 10.8 Å². The molecule has 2 atom stereocenters. The first kappa shape index (κ1) is 13.4. The predicted octanol–water partition coefficient (Wildman–Crippen LogP) is 3.03. The summed E-state index contributed by atoms with van der Waals surface area (Å²) in [6.45, 7) is 2.04. The third kappa shape index (κ3) is 3.74. The monoisotopic (exact) mass is 245 g/mol. The number of hydrogen-bond donors (Lipinski definition) is 2. The summed E-state index contributed by atoms with van der Waals surface area (Å²) < 4.78 is 13.1. The van der Waals surface area contributed by atoms with Crippen molar-refractivity contribution >= 4 is 11.6 Å². The second kappa shape index (κ2) is 6.18. The first-order valence-corrected chi connectivity index (χ1v) is 5.82. The Labute approximate surface area is 100 Å². The van der Waals surface area contributed by atoms with Crippen molar-refractivity contribution in [2.75, 3.05) is 0 Å². The van der Waals surface area contributed by atoms with Crippen molar-refractivity contribution in [2.45, 2.75) is 38.3 Å². The zero-order valence-corrected chi connectivity index (χ0v) is 10.0. The van der Waals surface area contributed by atoms with E-state index in [0.717, 1.165) is 12.8 Å². The van der Waals surface area contributed by atoms with Gasteiger partial charge in [0.25, 0.3) is 0 Å². The summed E-state index contributed by atoms with van der Waals surface area (Å²) in [6.07, 6.45) is 1.86. The Kier molecular flexibility index (Phi) is 5.19. The zero-order valence-electron chi connectivity index (χ0n) is 9.29. The molecular formula is C12H17ClFNO. The van der Waals surface area contributed by atoms with Gasteiger partial charge in [0.1, 0.15) is 5.82 Å². The van der Waals surface area contributed by atoms with Crippen LogP contribution in [-0.2, 0) is 0 Å². The molecule has 1 aromatic carbocycles. The lowest BCUT2D eigenvalue weighted by atomic mass is 9.98. The van der Waals surface area contributed by atoms with Crippen molar-refractivity contribution in [3.05, 3.63) is 34.6 Å². The highest BCUT2D eigenvalue weighted by atomic mass is 35.5. The zero-order chi connectivity index (χ0) is 12.1. The van der Waals surface area contributed by atoms with E-state index in [9.17, 15) is 9.50 Å². The van der Waals surface area contributed by atoms with Gasteiger partial charge in [-0.05, 0) is 30.2 Å². The topological polar surface area (TPSA) is 46.2 Å².